The van der Waals surface area contributed by atoms with E-state index in [-0.39, 0.29) is 0 Å². The Labute approximate surface area is 196 Å². The fourth-order valence-electron chi connectivity index (χ4n) is 4.35. The van der Waals surface area contributed by atoms with Crippen LogP contribution < -0.4 is 10.6 Å². The molecule has 0 aliphatic carbocycles. The van der Waals surface area contributed by atoms with Crippen molar-refractivity contribution >= 4 is 11.5 Å². The Balaban J connectivity index is 1.92. The Morgan fingerprint density at radius 1 is 0.727 bits per heavy atom. The Bertz CT molecular complexity index is 1230. The molecule has 0 saturated heterocycles. The lowest BCUT2D eigenvalue weighted by molar-refractivity contribution is 0.554. The van der Waals surface area contributed by atoms with Crippen LogP contribution in [0.5, 0.6) is 0 Å². The highest BCUT2D eigenvalue weighted by molar-refractivity contribution is 5.52. The third kappa shape index (κ3) is 5.30. The Kier molecular flexibility index (Phi) is 6.42. The van der Waals surface area contributed by atoms with Crippen molar-refractivity contribution < 1.29 is 0 Å². The van der Waals surface area contributed by atoms with Crippen LogP contribution in [0.15, 0.2) is 42.5 Å². The van der Waals surface area contributed by atoms with Crippen LogP contribution in [0.25, 0.3) is 0 Å². The summed E-state index contributed by atoms with van der Waals surface area (Å²) in [6, 6.07) is 17.5. The largest absolute Gasteiger partial charge is 0.373 e. The van der Waals surface area contributed by atoms with E-state index < -0.39 is 11.1 Å². The number of anilines is 2. The predicted octanol–water partition coefficient (Wildman–Crippen LogP) is 5.84. The molecule has 2 aromatic carbocycles. The Morgan fingerprint density at radius 3 is 1.85 bits per heavy atom. The zero-order valence-electron chi connectivity index (χ0n) is 20.3. The van der Waals surface area contributed by atoms with Crippen LogP contribution in [-0.4, -0.2) is 9.97 Å². The van der Waals surface area contributed by atoms with Crippen LogP contribution in [0.2, 0.25) is 0 Å². The Hall–Kier alpha value is -3.90. The zero-order chi connectivity index (χ0) is 24.4. The van der Waals surface area contributed by atoms with E-state index in [4.69, 9.17) is 15.2 Å². The molecule has 0 saturated carbocycles. The summed E-state index contributed by atoms with van der Waals surface area (Å²) in [5, 5.41) is 25.4. The number of hydrogen-bond acceptors (Lipinski definition) is 6. The molecule has 0 radical (unpaired) electrons. The average Bonchev–Trinajstić information content (AvgIpc) is 2.72. The summed E-state index contributed by atoms with van der Waals surface area (Å²) in [4.78, 5) is 9.54. The zero-order valence-corrected chi connectivity index (χ0v) is 20.3. The maximum atomic E-state index is 9.28. The van der Waals surface area contributed by atoms with Crippen LogP contribution in [-0.2, 0) is 11.1 Å². The molecule has 3 rings (SSSR count). The first kappa shape index (κ1) is 23.8. The summed E-state index contributed by atoms with van der Waals surface area (Å²) in [6.45, 7) is 14.3. The number of aromatic nitrogens is 2. The minimum atomic E-state index is -0.541. The van der Waals surface area contributed by atoms with Crippen LogP contribution >= 0.6 is 0 Å². The van der Waals surface area contributed by atoms with Gasteiger partial charge >= 0.3 is 0 Å². The van der Waals surface area contributed by atoms with E-state index in [2.05, 4.69) is 36.6 Å². The molecule has 6 heteroatoms. The third-order valence-electron chi connectivity index (χ3n) is 5.61. The average molecular weight is 439 g/mol. The van der Waals surface area contributed by atoms with Crippen LogP contribution in [0.4, 0.5) is 11.5 Å². The second kappa shape index (κ2) is 8.92. The lowest BCUT2D eigenvalue weighted by atomic mass is 9.85. The van der Waals surface area contributed by atoms with Crippen molar-refractivity contribution in [2.75, 3.05) is 10.6 Å². The number of rotatable bonds is 6. The van der Waals surface area contributed by atoms with E-state index in [0.29, 0.717) is 17.0 Å². The van der Waals surface area contributed by atoms with Gasteiger partial charge in [-0.15, -0.1) is 0 Å². The molecule has 0 atom stereocenters. The molecular formula is C27H30N6. The lowest BCUT2D eigenvalue weighted by Crippen LogP contribution is -2.33. The molecule has 0 aliphatic rings. The highest BCUT2D eigenvalue weighted by atomic mass is 15.1. The first-order valence-corrected chi connectivity index (χ1v) is 10.9. The van der Waals surface area contributed by atoms with Crippen LogP contribution in [0.3, 0.4) is 0 Å². The van der Waals surface area contributed by atoms with E-state index in [1.807, 2.05) is 65.0 Å². The van der Waals surface area contributed by atoms with Crippen molar-refractivity contribution in [1.29, 1.82) is 10.5 Å². The van der Waals surface area contributed by atoms with E-state index in [1.54, 1.807) is 12.1 Å². The fourth-order valence-corrected chi connectivity index (χ4v) is 4.35. The number of hydrogen-bond donors (Lipinski definition) is 2. The molecule has 0 fully saturated rings. The van der Waals surface area contributed by atoms with E-state index in [1.165, 1.54) is 0 Å². The standard InChI is InChI=1S/C27H30N6/c1-17-12-21(16-29)13-18(2)24(17)26(4,5)33-23-14-19(3)30-25(31-23)27(6,7)32-22-10-8-20(15-28)9-11-22/h8-14,32H,1-7H3,(H,30,31,33). The van der Waals surface area contributed by atoms with Crippen LogP contribution in [0.1, 0.15) is 67.0 Å². The molecule has 3 aromatic rings. The van der Waals surface area contributed by atoms with Gasteiger partial charge in [0.1, 0.15) is 5.82 Å². The smallest absolute Gasteiger partial charge is 0.155 e. The SMILES string of the molecule is Cc1cc(NC(C)(C)c2c(C)cc(C#N)cc2C)nc(C(C)(C)Nc2ccc(C#N)cc2)n1. The highest BCUT2D eigenvalue weighted by Crippen LogP contribution is 2.32. The molecule has 33 heavy (non-hydrogen) atoms. The molecule has 0 amide bonds. The molecule has 1 heterocycles. The van der Waals surface area contributed by atoms with Crippen molar-refractivity contribution in [3.8, 4) is 12.1 Å². The van der Waals surface area contributed by atoms with Gasteiger partial charge < -0.3 is 10.6 Å². The van der Waals surface area contributed by atoms with Crippen molar-refractivity contribution in [2.45, 2.75) is 59.5 Å². The first-order valence-electron chi connectivity index (χ1n) is 10.9. The van der Waals surface area contributed by atoms with Crippen molar-refractivity contribution in [3.63, 3.8) is 0 Å². The van der Waals surface area contributed by atoms with Crippen molar-refractivity contribution in [2.24, 2.45) is 0 Å². The molecule has 0 aliphatic heterocycles. The molecule has 0 unspecified atom stereocenters. The maximum Gasteiger partial charge on any atom is 0.155 e. The maximum absolute atomic E-state index is 9.28. The minimum absolute atomic E-state index is 0.412. The predicted molar refractivity (Wildman–Crippen MR) is 132 cm³/mol. The number of aryl methyl sites for hydroxylation is 3. The number of nitriles is 2. The molecule has 0 spiro atoms. The molecule has 0 bridgehead atoms. The second-order valence-corrected chi connectivity index (χ2v) is 9.50. The number of benzene rings is 2. The van der Waals surface area contributed by atoms with Crippen LogP contribution in [0, 0.1) is 43.4 Å². The summed E-state index contributed by atoms with van der Waals surface area (Å²) in [6.07, 6.45) is 0. The number of nitrogens with zero attached hydrogens (tertiary/aromatic N) is 4. The van der Waals surface area contributed by atoms with Gasteiger partial charge in [-0.05, 0) is 102 Å². The van der Waals surface area contributed by atoms with Gasteiger partial charge in [0.2, 0.25) is 0 Å². The quantitative estimate of drug-likeness (QED) is 0.502. The summed E-state index contributed by atoms with van der Waals surface area (Å²) >= 11 is 0. The fraction of sp³-hybridized carbons (Fsp3) is 0.333. The van der Waals surface area contributed by atoms with Gasteiger partial charge in [0.15, 0.2) is 5.82 Å². The van der Waals surface area contributed by atoms with E-state index in [9.17, 15) is 5.26 Å². The van der Waals surface area contributed by atoms with Gasteiger partial charge in [0.05, 0.1) is 34.3 Å². The topological polar surface area (TPSA) is 97.4 Å². The van der Waals surface area contributed by atoms with Crippen molar-refractivity contribution in [1.82, 2.24) is 9.97 Å². The summed E-state index contributed by atoms with van der Waals surface area (Å²) < 4.78 is 0. The molecule has 1 aromatic heterocycles. The van der Waals surface area contributed by atoms with Gasteiger partial charge in [-0.25, -0.2) is 9.97 Å². The minimum Gasteiger partial charge on any atom is -0.373 e. The van der Waals surface area contributed by atoms with Gasteiger partial charge in [-0.3, -0.25) is 0 Å². The Morgan fingerprint density at radius 2 is 1.30 bits per heavy atom. The van der Waals surface area contributed by atoms with Gasteiger partial charge in [0, 0.05) is 17.4 Å². The van der Waals surface area contributed by atoms with Crippen molar-refractivity contribution in [3.05, 3.63) is 81.8 Å². The summed E-state index contributed by atoms with van der Waals surface area (Å²) in [5.41, 5.74) is 5.37. The molecule has 2 N–H and O–H groups in total. The first-order chi connectivity index (χ1) is 15.4. The molecule has 168 valence electrons. The van der Waals surface area contributed by atoms with Gasteiger partial charge in [0.25, 0.3) is 0 Å². The third-order valence-corrected chi connectivity index (χ3v) is 5.61. The van der Waals surface area contributed by atoms with Gasteiger partial charge in [-0.2, -0.15) is 10.5 Å². The summed E-state index contributed by atoms with van der Waals surface area (Å²) in [5.74, 6) is 1.40. The summed E-state index contributed by atoms with van der Waals surface area (Å²) in [7, 11) is 0. The monoisotopic (exact) mass is 438 g/mol. The normalized spacial score (nSPS) is 11.4. The van der Waals surface area contributed by atoms with Gasteiger partial charge in [-0.1, -0.05) is 0 Å². The second-order valence-electron chi connectivity index (χ2n) is 9.50. The molecular weight excluding hydrogens is 408 g/mol. The van der Waals surface area contributed by atoms with E-state index >= 15 is 0 Å². The number of nitrogens with one attached hydrogen (secondary N) is 2. The lowest BCUT2D eigenvalue weighted by Gasteiger charge is -2.32. The van der Waals surface area contributed by atoms with E-state index in [0.717, 1.165) is 33.9 Å². The molecule has 6 nitrogen and oxygen atoms in total. The highest BCUT2D eigenvalue weighted by Gasteiger charge is 2.28.